The summed E-state index contributed by atoms with van der Waals surface area (Å²) in [6.45, 7) is 0. The van der Waals surface area contributed by atoms with Crippen LogP contribution < -0.4 is 26.0 Å². The average Bonchev–Trinajstić information content (AvgIpc) is 3.36. The average molecular weight is 882 g/mol. The van der Waals surface area contributed by atoms with Crippen molar-refractivity contribution in [2.75, 3.05) is 20.1 Å². The Bertz CT molecular complexity index is 2990. The number of nitrogens with zero attached hydrogens (tertiary/aromatic N) is 7. The van der Waals surface area contributed by atoms with E-state index in [2.05, 4.69) is 188 Å². The number of pyridine rings is 2. The van der Waals surface area contributed by atoms with Gasteiger partial charge < -0.3 is 20.5 Å². The maximum atomic E-state index is 5.70. The molecule has 0 radical (unpaired) electrons. The summed E-state index contributed by atoms with van der Waals surface area (Å²) in [6.07, 6.45) is 3.69. The van der Waals surface area contributed by atoms with Gasteiger partial charge in [0.05, 0.1) is 68.3 Å². The number of rotatable bonds is 7. The van der Waals surface area contributed by atoms with Crippen LogP contribution in [0.1, 0.15) is 0 Å². The first kappa shape index (κ1) is 38.2. The summed E-state index contributed by atoms with van der Waals surface area (Å²) in [5.41, 5.74) is 16.9. The molecule has 0 amide bonds. The van der Waals surface area contributed by atoms with E-state index < -0.39 is 0 Å². The van der Waals surface area contributed by atoms with Crippen molar-refractivity contribution in [2.24, 2.45) is 16.3 Å². The van der Waals surface area contributed by atoms with Crippen LogP contribution in [0.3, 0.4) is 0 Å². The second-order valence-corrected chi connectivity index (χ2v) is 18.4. The minimum atomic E-state index is 0.715. The number of nitrogens with one attached hydrogen (secondary N) is 1. The molecule has 0 saturated carbocycles. The van der Waals surface area contributed by atoms with Gasteiger partial charge in [-0.15, -0.1) is 0 Å². The van der Waals surface area contributed by atoms with Crippen LogP contribution in [0.25, 0.3) is 22.5 Å². The molecule has 12 heteroatoms. The van der Waals surface area contributed by atoms with Crippen molar-refractivity contribution in [2.45, 2.75) is 29.4 Å². The van der Waals surface area contributed by atoms with Crippen LogP contribution in [0.5, 0.6) is 0 Å². The third kappa shape index (κ3) is 6.53. The summed E-state index contributed by atoms with van der Waals surface area (Å²) in [4.78, 5) is 23.5. The van der Waals surface area contributed by atoms with Crippen molar-refractivity contribution in [1.29, 1.82) is 0 Å². The van der Waals surface area contributed by atoms with Crippen LogP contribution in [-0.4, -0.2) is 9.97 Å². The molecule has 3 aliphatic rings. The zero-order valence-corrected chi connectivity index (χ0v) is 36.4. The third-order valence-electron chi connectivity index (χ3n) is 11.4. The minimum absolute atomic E-state index is 0.715. The highest BCUT2D eigenvalue weighted by Crippen LogP contribution is 2.63. The van der Waals surface area contributed by atoms with Gasteiger partial charge >= 0.3 is 0 Å². The first-order valence-corrected chi connectivity index (χ1v) is 23.1. The standard InChI is InChI=1S/C52H35N9S3/c53-57-58-56-35-31-44(59-38-15-1-5-19-46(38)62-47-20-6-2-16-39(47)59)52(45(32-35)60-40-17-3-7-21-48(40)63-49-22-8-4-18-41(49)60)61-42-25-23-33(36-13-9-11-27-54-36)29-50(42)64-51-30-34(24-26-43(51)61)37-14-10-12-28-55-37/h1-32H,(H2,53,58)(H,56,57). The Hall–Kier alpha value is -7.51. The zero-order valence-electron chi connectivity index (χ0n) is 33.9. The third-order valence-corrected chi connectivity index (χ3v) is 14.8. The van der Waals surface area contributed by atoms with E-state index in [1.165, 1.54) is 0 Å². The van der Waals surface area contributed by atoms with E-state index in [-0.39, 0.29) is 0 Å². The van der Waals surface area contributed by atoms with Gasteiger partial charge in [-0.2, -0.15) is 0 Å². The van der Waals surface area contributed by atoms with Crippen molar-refractivity contribution < 1.29 is 0 Å². The van der Waals surface area contributed by atoms with Crippen molar-refractivity contribution in [3.8, 4) is 22.5 Å². The fraction of sp³-hybridized carbons (Fsp3) is 0. The molecule has 3 N–H and O–H groups in total. The highest BCUT2D eigenvalue weighted by atomic mass is 32.2. The quantitative estimate of drug-likeness (QED) is 0.0915. The zero-order chi connectivity index (χ0) is 42.6. The van der Waals surface area contributed by atoms with Gasteiger partial charge in [0.25, 0.3) is 0 Å². The van der Waals surface area contributed by atoms with Crippen LogP contribution >= 0.6 is 35.3 Å². The number of hydrogen-bond acceptors (Lipinski definition) is 10. The molecule has 0 fully saturated rings. The van der Waals surface area contributed by atoms with Crippen molar-refractivity contribution in [3.05, 3.63) is 194 Å². The fourth-order valence-corrected chi connectivity index (χ4v) is 11.9. The van der Waals surface area contributed by atoms with Gasteiger partial charge in [-0.25, -0.2) is 0 Å². The van der Waals surface area contributed by atoms with Gasteiger partial charge in [-0.3, -0.25) is 15.4 Å². The van der Waals surface area contributed by atoms with Crippen LogP contribution in [0.2, 0.25) is 0 Å². The van der Waals surface area contributed by atoms with Crippen molar-refractivity contribution in [1.82, 2.24) is 9.97 Å². The highest BCUT2D eigenvalue weighted by Gasteiger charge is 2.37. The SMILES string of the molecule is N/N=N\Nc1cc(N2c3ccccc3Sc3ccccc32)c(N2c3ccc(-c4ccccn4)cc3Sc3cc(-c4ccccn4)ccc32)c(N2c3ccccc3Sc3ccccc32)c1. The molecule has 3 aliphatic heterocycles. The molecule has 7 aromatic carbocycles. The molecule has 5 heterocycles. The van der Waals surface area contributed by atoms with E-state index in [1.54, 1.807) is 35.3 Å². The molecular weight excluding hydrogens is 847 g/mol. The van der Waals surface area contributed by atoms with Gasteiger partial charge in [0, 0.05) is 52.9 Å². The molecule has 0 saturated heterocycles. The monoisotopic (exact) mass is 881 g/mol. The van der Waals surface area contributed by atoms with Crippen LogP contribution in [0.15, 0.2) is 234 Å². The van der Waals surface area contributed by atoms with Crippen LogP contribution in [-0.2, 0) is 0 Å². The smallest absolute Gasteiger partial charge is 0.0948 e. The van der Waals surface area contributed by atoms with E-state index in [0.29, 0.717) is 5.69 Å². The summed E-state index contributed by atoms with van der Waals surface area (Å²) in [5.74, 6) is 5.70. The Kier molecular flexibility index (Phi) is 9.54. The second-order valence-electron chi connectivity index (χ2n) is 15.2. The van der Waals surface area contributed by atoms with Gasteiger partial charge in [0.2, 0.25) is 0 Å². The summed E-state index contributed by atoms with van der Waals surface area (Å²) in [5, 5.41) is 7.82. The van der Waals surface area contributed by atoms with E-state index in [1.807, 2.05) is 36.7 Å². The topological polar surface area (TPSA) is 98.3 Å². The summed E-state index contributed by atoms with van der Waals surface area (Å²) >= 11 is 5.33. The lowest BCUT2D eigenvalue weighted by Gasteiger charge is -2.42. The lowest BCUT2D eigenvalue weighted by atomic mass is 10.0. The van der Waals surface area contributed by atoms with Crippen LogP contribution in [0.4, 0.5) is 56.9 Å². The van der Waals surface area contributed by atoms with E-state index in [4.69, 9.17) is 15.8 Å². The Morgan fingerprint density at radius 2 is 0.781 bits per heavy atom. The van der Waals surface area contributed by atoms with Gasteiger partial charge in [0.15, 0.2) is 0 Å². The molecule has 0 unspecified atom stereocenters. The van der Waals surface area contributed by atoms with Crippen molar-refractivity contribution in [3.63, 3.8) is 0 Å². The maximum Gasteiger partial charge on any atom is 0.0948 e. The van der Waals surface area contributed by atoms with E-state index in [9.17, 15) is 0 Å². The number of anilines is 10. The van der Waals surface area contributed by atoms with E-state index >= 15 is 0 Å². The molecule has 9 nitrogen and oxygen atoms in total. The Morgan fingerprint density at radius 3 is 1.19 bits per heavy atom. The molecule has 9 aromatic rings. The summed E-state index contributed by atoms with van der Waals surface area (Å²) in [6, 6.07) is 64.3. The van der Waals surface area contributed by atoms with E-state index in [0.717, 1.165) is 103 Å². The molecule has 0 aliphatic carbocycles. The lowest BCUT2D eigenvalue weighted by Crippen LogP contribution is -2.24. The Morgan fingerprint density at radius 1 is 0.391 bits per heavy atom. The number of para-hydroxylation sites is 4. The highest BCUT2D eigenvalue weighted by molar-refractivity contribution is 8.00. The summed E-state index contributed by atoms with van der Waals surface area (Å²) < 4.78 is 0. The van der Waals surface area contributed by atoms with Crippen molar-refractivity contribution >= 4 is 92.2 Å². The largest absolute Gasteiger partial charge is 0.306 e. The molecule has 2 aromatic heterocycles. The predicted molar refractivity (Wildman–Crippen MR) is 262 cm³/mol. The molecule has 0 spiro atoms. The fourth-order valence-electron chi connectivity index (χ4n) is 8.69. The number of nitrogens with two attached hydrogens (primary N) is 1. The Labute approximate surface area is 382 Å². The molecule has 0 atom stereocenters. The number of fused-ring (bicyclic) bond motifs is 6. The predicted octanol–water partition coefficient (Wildman–Crippen LogP) is 15.3. The molecule has 0 bridgehead atoms. The number of aromatic nitrogens is 2. The van der Waals surface area contributed by atoms with Gasteiger partial charge in [-0.05, 0) is 109 Å². The minimum Gasteiger partial charge on any atom is -0.306 e. The number of hydrogen-bond donors (Lipinski definition) is 2. The number of benzene rings is 7. The normalized spacial score (nSPS) is 13.3. The van der Waals surface area contributed by atoms with Crippen LogP contribution in [0, 0.1) is 0 Å². The first-order valence-electron chi connectivity index (χ1n) is 20.7. The summed E-state index contributed by atoms with van der Waals surface area (Å²) in [7, 11) is 0. The Balaban J connectivity index is 1.21. The molecule has 64 heavy (non-hydrogen) atoms. The molecule has 12 rings (SSSR count). The molecule has 306 valence electrons. The maximum absolute atomic E-state index is 5.70. The molecular formula is C52H35N9S3. The second kappa shape index (κ2) is 16.0. The van der Waals surface area contributed by atoms with Gasteiger partial charge in [-0.1, -0.05) is 119 Å². The lowest BCUT2D eigenvalue weighted by molar-refractivity contribution is 1.00. The van der Waals surface area contributed by atoms with Gasteiger partial charge in [0.1, 0.15) is 0 Å². The first-order chi connectivity index (χ1) is 31.7.